The lowest BCUT2D eigenvalue weighted by molar-refractivity contribution is 0.0334. The predicted octanol–water partition coefficient (Wildman–Crippen LogP) is 5.20. The van der Waals surface area contributed by atoms with Gasteiger partial charge < -0.3 is 24.3 Å². The summed E-state index contributed by atoms with van der Waals surface area (Å²) in [6.45, 7) is 12.0. The summed E-state index contributed by atoms with van der Waals surface area (Å²) in [4.78, 5) is 12.8. The van der Waals surface area contributed by atoms with Gasteiger partial charge in [-0.25, -0.2) is 4.79 Å². The molecule has 0 fully saturated rings. The van der Waals surface area contributed by atoms with Gasteiger partial charge in [-0.1, -0.05) is 93.6 Å². The Morgan fingerprint density at radius 3 is 1.76 bits per heavy atom. The summed E-state index contributed by atoms with van der Waals surface area (Å²) in [5.41, 5.74) is 0.0421. The third-order valence-electron chi connectivity index (χ3n) is 6.42. The Hall–Kier alpha value is -3.13. The van der Waals surface area contributed by atoms with E-state index in [-0.39, 0.29) is 11.6 Å². The molecule has 0 aliphatic rings. The number of nitrogens with one attached hydrogen (secondary N) is 1. The zero-order chi connectivity index (χ0) is 28.0. The fourth-order valence-corrected chi connectivity index (χ4v) is 9.29. The minimum Gasteiger partial charge on any atom is -0.497 e. The first kappa shape index (κ1) is 29.4. The third-order valence-corrected chi connectivity index (χ3v) is 11.4. The molecule has 38 heavy (non-hydrogen) atoms. The second-order valence-corrected chi connectivity index (χ2v) is 15.7. The van der Waals surface area contributed by atoms with E-state index in [1.807, 2.05) is 48.5 Å². The molecule has 2 atom stereocenters. The van der Waals surface area contributed by atoms with Crippen molar-refractivity contribution < 1.29 is 23.8 Å². The molecule has 3 aromatic carbocycles. The van der Waals surface area contributed by atoms with Gasteiger partial charge >= 0.3 is 6.09 Å². The Morgan fingerprint density at radius 2 is 1.34 bits per heavy atom. The quantitative estimate of drug-likeness (QED) is 0.369. The normalized spacial score (nSPS) is 13.9. The van der Waals surface area contributed by atoms with Crippen LogP contribution in [0.25, 0.3) is 0 Å². The van der Waals surface area contributed by atoms with Crippen LogP contribution in [-0.4, -0.2) is 44.9 Å². The van der Waals surface area contributed by atoms with E-state index >= 15 is 0 Å². The van der Waals surface area contributed by atoms with Gasteiger partial charge in [-0.15, -0.1) is 0 Å². The van der Waals surface area contributed by atoms with Crippen molar-refractivity contribution in [2.75, 3.05) is 13.7 Å². The lowest BCUT2D eigenvalue weighted by atomic mass is 10.0. The number of rotatable bonds is 9. The zero-order valence-electron chi connectivity index (χ0n) is 23.5. The Labute approximate surface area is 228 Å². The molecule has 3 aromatic rings. The van der Waals surface area contributed by atoms with Crippen molar-refractivity contribution in [3.05, 3.63) is 90.5 Å². The molecule has 2 N–H and O–H groups in total. The van der Waals surface area contributed by atoms with E-state index in [2.05, 4.69) is 50.4 Å². The number of hydrogen-bond acceptors (Lipinski definition) is 5. The van der Waals surface area contributed by atoms with E-state index in [4.69, 9.17) is 13.9 Å². The Bertz CT molecular complexity index is 1120. The minimum atomic E-state index is -2.88. The summed E-state index contributed by atoms with van der Waals surface area (Å²) < 4.78 is 17.7. The van der Waals surface area contributed by atoms with Crippen LogP contribution in [0.15, 0.2) is 84.9 Å². The fraction of sp³-hybridized carbons (Fsp3) is 0.387. The first-order chi connectivity index (χ1) is 17.9. The number of methoxy groups -OCH3 is 1. The van der Waals surface area contributed by atoms with Crippen LogP contribution in [0.2, 0.25) is 5.04 Å². The molecule has 0 aromatic heterocycles. The number of benzene rings is 3. The molecule has 0 unspecified atom stereocenters. The van der Waals surface area contributed by atoms with Crippen LogP contribution >= 0.6 is 0 Å². The molecule has 0 aliphatic carbocycles. The smallest absolute Gasteiger partial charge is 0.408 e. The van der Waals surface area contributed by atoms with Crippen LogP contribution in [0.4, 0.5) is 4.79 Å². The van der Waals surface area contributed by atoms with Gasteiger partial charge in [0, 0.05) is 0 Å². The maximum Gasteiger partial charge on any atom is 0.408 e. The number of amides is 1. The van der Waals surface area contributed by atoms with E-state index in [0.29, 0.717) is 5.75 Å². The molecule has 0 saturated carbocycles. The lowest BCUT2D eigenvalue weighted by Crippen LogP contribution is -2.67. The second kappa shape index (κ2) is 12.2. The predicted molar refractivity (Wildman–Crippen MR) is 155 cm³/mol. The minimum absolute atomic E-state index is 0.0137. The van der Waals surface area contributed by atoms with Gasteiger partial charge in [-0.2, -0.15) is 0 Å². The molecule has 0 heterocycles. The Kier molecular flexibility index (Phi) is 9.41. The highest BCUT2D eigenvalue weighted by atomic mass is 28.4. The highest BCUT2D eigenvalue weighted by Crippen LogP contribution is 2.37. The summed E-state index contributed by atoms with van der Waals surface area (Å²) in [7, 11) is -1.28. The molecule has 0 spiro atoms. The molecule has 0 radical (unpaired) electrons. The van der Waals surface area contributed by atoms with Crippen LogP contribution in [0.3, 0.4) is 0 Å². The molecule has 204 valence electrons. The summed E-state index contributed by atoms with van der Waals surface area (Å²) in [5.74, 6) is 0.683. The van der Waals surface area contributed by atoms with E-state index in [1.165, 1.54) is 0 Å². The van der Waals surface area contributed by atoms with Crippen LogP contribution in [0.5, 0.6) is 5.75 Å². The van der Waals surface area contributed by atoms with Gasteiger partial charge in [0.2, 0.25) is 0 Å². The Morgan fingerprint density at radius 1 is 0.842 bits per heavy atom. The maximum absolute atomic E-state index is 12.8. The highest BCUT2D eigenvalue weighted by molar-refractivity contribution is 6.99. The van der Waals surface area contributed by atoms with Crippen molar-refractivity contribution in [3.63, 3.8) is 0 Å². The highest BCUT2D eigenvalue weighted by Gasteiger charge is 2.50. The number of hydrogen-bond donors (Lipinski definition) is 2. The molecule has 7 heteroatoms. The van der Waals surface area contributed by atoms with Crippen LogP contribution in [0.1, 0.15) is 53.1 Å². The molecule has 0 saturated heterocycles. The van der Waals surface area contributed by atoms with Crippen molar-refractivity contribution in [1.29, 1.82) is 0 Å². The molecule has 0 aliphatic heterocycles. The van der Waals surface area contributed by atoms with Gasteiger partial charge in [-0.05, 0) is 53.9 Å². The maximum atomic E-state index is 12.8. The van der Waals surface area contributed by atoms with Gasteiger partial charge in [0.25, 0.3) is 8.32 Å². The van der Waals surface area contributed by atoms with Crippen molar-refractivity contribution in [3.8, 4) is 5.75 Å². The molecule has 0 bridgehead atoms. The van der Waals surface area contributed by atoms with E-state index in [9.17, 15) is 9.90 Å². The average Bonchev–Trinajstić information content (AvgIpc) is 2.87. The lowest BCUT2D eigenvalue weighted by Gasteiger charge is -2.43. The topological polar surface area (TPSA) is 77.0 Å². The average molecular weight is 536 g/mol. The van der Waals surface area contributed by atoms with Crippen LogP contribution < -0.4 is 20.4 Å². The number of ether oxygens (including phenoxy) is 2. The Balaban J connectivity index is 1.99. The monoisotopic (exact) mass is 535 g/mol. The number of carbonyl (C=O) groups excluding carboxylic acids is 1. The molecule has 1 amide bonds. The van der Waals surface area contributed by atoms with Gasteiger partial charge in [0.05, 0.1) is 19.8 Å². The summed E-state index contributed by atoms with van der Waals surface area (Å²) >= 11 is 0. The molecular weight excluding hydrogens is 494 g/mol. The van der Waals surface area contributed by atoms with Gasteiger partial charge in [0.1, 0.15) is 17.5 Å². The molecule has 3 rings (SSSR count). The molecular formula is C31H41NO5Si. The largest absolute Gasteiger partial charge is 0.497 e. The summed E-state index contributed by atoms with van der Waals surface area (Å²) in [6, 6.07) is 27.0. The fourth-order valence-electron chi connectivity index (χ4n) is 4.72. The van der Waals surface area contributed by atoms with E-state index in [0.717, 1.165) is 15.9 Å². The standard InChI is InChI=1S/C31H41NO5Si/c1-30(2,3)37-29(34)32-28(23-18-20-24(35-7)21-19-23)27(33)22-36-38(31(4,5)6,25-14-10-8-11-15-25)26-16-12-9-13-17-26/h8-21,27-28,33H,22H2,1-7H3,(H,32,34)/t27-,28+/m0/s1. The summed E-state index contributed by atoms with van der Waals surface area (Å²) in [5, 5.41) is 16.4. The number of aliphatic hydroxyl groups is 1. The van der Waals surface area contributed by atoms with Crippen molar-refractivity contribution in [2.24, 2.45) is 0 Å². The number of carbonyl (C=O) groups is 1. The first-order valence-corrected chi connectivity index (χ1v) is 14.8. The zero-order valence-corrected chi connectivity index (χ0v) is 24.5. The van der Waals surface area contributed by atoms with E-state index < -0.39 is 32.2 Å². The van der Waals surface area contributed by atoms with Gasteiger partial charge in [-0.3, -0.25) is 0 Å². The third kappa shape index (κ3) is 7.04. The first-order valence-electron chi connectivity index (χ1n) is 12.9. The number of alkyl carbamates (subject to hydrolysis) is 1. The second-order valence-electron chi connectivity index (χ2n) is 11.4. The van der Waals surface area contributed by atoms with Crippen molar-refractivity contribution in [2.45, 2.75) is 64.3 Å². The van der Waals surface area contributed by atoms with Crippen molar-refractivity contribution >= 4 is 24.8 Å². The van der Waals surface area contributed by atoms with Crippen LogP contribution in [0, 0.1) is 0 Å². The van der Waals surface area contributed by atoms with Crippen LogP contribution in [-0.2, 0) is 9.16 Å². The van der Waals surface area contributed by atoms with E-state index in [1.54, 1.807) is 40.0 Å². The van der Waals surface area contributed by atoms with Gasteiger partial charge in [0.15, 0.2) is 0 Å². The molecule has 6 nitrogen and oxygen atoms in total. The van der Waals surface area contributed by atoms with Crippen molar-refractivity contribution in [1.82, 2.24) is 5.32 Å². The SMILES string of the molecule is COc1ccc([C@@H](NC(=O)OC(C)(C)C)[C@@H](O)CO[Si](c2ccccc2)(c2ccccc2)C(C)(C)C)cc1. The summed E-state index contributed by atoms with van der Waals surface area (Å²) in [6.07, 6.45) is -1.65. The number of aliphatic hydroxyl groups excluding tert-OH is 1.